The number of ether oxygens (including phenoxy) is 2. The normalized spacial score (nSPS) is 26.3. The van der Waals surface area contributed by atoms with Gasteiger partial charge in [0.05, 0.1) is 17.5 Å². The van der Waals surface area contributed by atoms with E-state index in [1.807, 2.05) is 11.8 Å². The fraction of sp³-hybridized carbons (Fsp3) is 0.500. The Balaban J connectivity index is 1.32. The second-order valence-corrected chi connectivity index (χ2v) is 14.3. The SMILES string of the molecule is C[C@H]1CN2CCC[C@@]2(COc2nc3c4cnc(c(F)c4n2)-c2cc(O)cc4ccc(F)c(c24)CCCC(=O)O[C@]2(C)CCCN3C2)C1. The molecule has 5 aliphatic heterocycles. The molecule has 0 saturated carbocycles. The highest BCUT2D eigenvalue weighted by atomic mass is 19.1. The predicted octanol–water partition coefficient (Wildman–Crippen LogP) is 6.32. The zero-order chi connectivity index (χ0) is 32.5. The van der Waals surface area contributed by atoms with Gasteiger partial charge in [-0.25, -0.2) is 8.78 Å². The number of phenolic OH excluding ortho intramolecular Hbond substituents is 1. The molecule has 3 atom stereocenters. The van der Waals surface area contributed by atoms with Crippen molar-refractivity contribution in [2.75, 3.05) is 37.7 Å². The van der Waals surface area contributed by atoms with Gasteiger partial charge in [-0.1, -0.05) is 13.0 Å². The Hall–Kier alpha value is -4.12. The number of halogens is 2. The number of hydrogen-bond donors (Lipinski definition) is 1. The van der Waals surface area contributed by atoms with E-state index in [0.717, 1.165) is 38.8 Å². The van der Waals surface area contributed by atoms with Crippen molar-refractivity contribution in [3.8, 4) is 23.0 Å². The van der Waals surface area contributed by atoms with Crippen molar-refractivity contribution in [1.82, 2.24) is 19.9 Å². The smallest absolute Gasteiger partial charge is 0.319 e. The number of fused-ring (bicyclic) bond motifs is 6. The van der Waals surface area contributed by atoms with Gasteiger partial charge in [0.15, 0.2) is 5.82 Å². The van der Waals surface area contributed by atoms with Gasteiger partial charge < -0.3 is 19.5 Å². The van der Waals surface area contributed by atoms with Gasteiger partial charge in [0.2, 0.25) is 0 Å². The number of piperidine rings is 1. The number of aryl methyl sites for hydroxylation is 1. The van der Waals surface area contributed by atoms with Gasteiger partial charge in [-0.3, -0.25) is 14.7 Å². The first-order chi connectivity index (χ1) is 22.6. The van der Waals surface area contributed by atoms with Crippen LogP contribution in [0.25, 0.3) is 32.9 Å². The van der Waals surface area contributed by atoms with E-state index in [1.54, 1.807) is 12.3 Å². The highest BCUT2D eigenvalue weighted by Gasteiger charge is 2.48. The van der Waals surface area contributed by atoms with Crippen LogP contribution in [0.2, 0.25) is 0 Å². The Labute approximate surface area is 271 Å². The topological polar surface area (TPSA) is 101 Å². The van der Waals surface area contributed by atoms with Crippen molar-refractivity contribution in [3.05, 3.63) is 47.7 Å². The van der Waals surface area contributed by atoms with E-state index in [4.69, 9.17) is 14.5 Å². The Morgan fingerprint density at radius 1 is 1.11 bits per heavy atom. The molecule has 7 heterocycles. The summed E-state index contributed by atoms with van der Waals surface area (Å²) >= 11 is 0. The molecule has 0 aliphatic carbocycles. The third-order valence-electron chi connectivity index (χ3n) is 10.6. The van der Waals surface area contributed by atoms with Crippen molar-refractivity contribution >= 4 is 33.5 Å². The van der Waals surface area contributed by atoms with Crippen molar-refractivity contribution < 1.29 is 28.2 Å². The first-order valence-corrected chi connectivity index (χ1v) is 16.8. The number of esters is 1. The quantitative estimate of drug-likeness (QED) is 0.257. The van der Waals surface area contributed by atoms with E-state index in [-0.39, 0.29) is 52.9 Å². The van der Waals surface area contributed by atoms with Gasteiger partial charge in [0, 0.05) is 31.3 Å². The van der Waals surface area contributed by atoms with Gasteiger partial charge in [-0.15, -0.1) is 0 Å². The second kappa shape index (κ2) is 11.2. The summed E-state index contributed by atoms with van der Waals surface area (Å²) in [5.41, 5.74) is -0.339. The van der Waals surface area contributed by atoms with Gasteiger partial charge in [0.25, 0.3) is 0 Å². The molecule has 6 bridgehead atoms. The Bertz CT molecular complexity index is 1920. The highest BCUT2D eigenvalue weighted by Crippen LogP contribution is 2.43. The molecule has 4 aromatic rings. The molecule has 0 spiro atoms. The molecule has 1 N–H and O–H groups in total. The predicted molar refractivity (Wildman–Crippen MR) is 174 cm³/mol. The largest absolute Gasteiger partial charge is 0.508 e. The van der Waals surface area contributed by atoms with Crippen LogP contribution in [0.5, 0.6) is 11.8 Å². The standard InChI is InChI=1S/C36H39F2N5O4/c1-21-16-36(11-5-13-43(36)18-21)20-46-34-40-32-26-17-39-31(30(32)38)25-15-23(44)14-22-8-9-27(37)24(29(22)25)6-3-7-28(45)47-35(2)10-4-12-42(19-35)33(26)41-34/h8-9,14-15,17,21,44H,3-7,10-13,16,18-20H2,1-2H3/t21-,35-,36+/m1/s1. The summed E-state index contributed by atoms with van der Waals surface area (Å²) in [6.07, 6.45) is 6.76. The molecule has 2 aromatic carbocycles. The van der Waals surface area contributed by atoms with Crippen molar-refractivity contribution in [2.45, 2.75) is 76.4 Å². The minimum Gasteiger partial charge on any atom is -0.508 e. The first-order valence-electron chi connectivity index (χ1n) is 16.8. The average molecular weight is 644 g/mol. The van der Waals surface area contributed by atoms with E-state index in [9.17, 15) is 9.90 Å². The van der Waals surface area contributed by atoms with Crippen LogP contribution in [-0.2, 0) is 16.0 Å². The number of benzene rings is 2. The number of rotatable bonds is 3. The summed E-state index contributed by atoms with van der Waals surface area (Å²) in [7, 11) is 0. The molecule has 246 valence electrons. The Morgan fingerprint density at radius 2 is 1.96 bits per heavy atom. The highest BCUT2D eigenvalue weighted by molar-refractivity contribution is 6.01. The Morgan fingerprint density at radius 3 is 2.83 bits per heavy atom. The van der Waals surface area contributed by atoms with E-state index in [0.29, 0.717) is 66.0 Å². The molecule has 2 aromatic heterocycles. The van der Waals surface area contributed by atoms with E-state index >= 15 is 8.78 Å². The molecule has 5 aliphatic rings. The minimum atomic E-state index is -0.796. The van der Waals surface area contributed by atoms with Crippen LogP contribution in [0.3, 0.4) is 0 Å². The number of carbonyl (C=O) groups excluding carboxylic acids is 1. The minimum absolute atomic E-state index is 0.0291. The van der Waals surface area contributed by atoms with E-state index < -0.39 is 17.2 Å². The molecule has 9 nitrogen and oxygen atoms in total. The van der Waals surface area contributed by atoms with Crippen molar-refractivity contribution in [3.63, 3.8) is 0 Å². The third-order valence-corrected chi connectivity index (χ3v) is 10.6. The summed E-state index contributed by atoms with van der Waals surface area (Å²) in [5, 5.41) is 12.0. The third kappa shape index (κ3) is 5.23. The van der Waals surface area contributed by atoms with Crippen molar-refractivity contribution in [2.24, 2.45) is 5.92 Å². The summed E-state index contributed by atoms with van der Waals surface area (Å²) in [6, 6.07) is 5.88. The fourth-order valence-electron chi connectivity index (χ4n) is 8.67. The zero-order valence-electron chi connectivity index (χ0n) is 26.8. The number of aromatic hydroxyl groups is 1. The first kappa shape index (κ1) is 30.2. The summed E-state index contributed by atoms with van der Waals surface area (Å²) < 4.78 is 44.9. The van der Waals surface area contributed by atoms with Crippen LogP contribution >= 0.6 is 0 Å². The fourth-order valence-corrected chi connectivity index (χ4v) is 8.67. The molecule has 3 saturated heterocycles. The summed E-state index contributed by atoms with van der Waals surface area (Å²) in [4.78, 5) is 31.7. The van der Waals surface area contributed by atoms with E-state index in [1.165, 1.54) is 18.2 Å². The van der Waals surface area contributed by atoms with Crippen LogP contribution in [0.1, 0.15) is 64.4 Å². The van der Waals surface area contributed by atoms with Gasteiger partial charge in [-0.05, 0) is 98.9 Å². The molecular formula is C36H39F2N5O4. The summed E-state index contributed by atoms with van der Waals surface area (Å²) in [5.74, 6) is -0.603. The van der Waals surface area contributed by atoms with Crippen LogP contribution in [0.4, 0.5) is 14.6 Å². The number of nitrogens with zero attached hydrogens (tertiary/aromatic N) is 5. The van der Waals surface area contributed by atoms with Gasteiger partial charge in [-0.2, -0.15) is 9.97 Å². The lowest BCUT2D eigenvalue weighted by atomic mass is 9.92. The second-order valence-electron chi connectivity index (χ2n) is 14.3. The number of anilines is 1. The number of hydrogen-bond acceptors (Lipinski definition) is 9. The lowest BCUT2D eigenvalue weighted by Gasteiger charge is -2.40. The average Bonchev–Trinajstić information content (AvgIpc) is 3.56. The van der Waals surface area contributed by atoms with Gasteiger partial charge in [0.1, 0.15) is 40.8 Å². The monoisotopic (exact) mass is 643 g/mol. The van der Waals surface area contributed by atoms with Crippen LogP contribution in [0, 0.1) is 17.6 Å². The molecule has 9 rings (SSSR count). The molecule has 11 heteroatoms. The Kier molecular flexibility index (Phi) is 7.23. The maximum Gasteiger partial charge on any atom is 0.319 e. The number of pyridine rings is 1. The maximum atomic E-state index is 17.0. The number of carbonyl (C=O) groups is 1. The molecule has 3 fully saturated rings. The molecule has 47 heavy (non-hydrogen) atoms. The van der Waals surface area contributed by atoms with Crippen molar-refractivity contribution in [1.29, 1.82) is 0 Å². The summed E-state index contributed by atoms with van der Waals surface area (Å²) in [6.45, 7) is 7.61. The molecule has 0 radical (unpaired) electrons. The number of phenols is 1. The van der Waals surface area contributed by atoms with Crippen LogP contribution in [-0.4, -0.2) is 74.9 Å². The van der Waals surface area contributed by atoms with E-state index in [2.05, 4.69) is 21.8 Å². The number of aromatic nitrogens is 3. The lowest BCUT2D eigenvalue weighted by molar-refractivity contribution is -0.159. The lowest BCUT2D eigenvalue weighted by Crippen LogP contribution is -2.49. The zero-order valence-corrected chi connectivity index (χ0v) is 26.8. The molecule has 0 unspecified atom stereocenters. The molecule has 0 amide bonds. The van der Waals surface area contributed by atoms with Gasteiger partial charge >= 0.3 is 12.0 Å². The van der Waals surface area contributed by atoms with Crippen LogP contribution < -0.4 is 9.64 Å². The van der Waals surface area contributed by atoms with Crippen LogP contribution in [0.15, 0.2) is 30.5 Å². The maximum absolute atomic E-state index is 17.0. The molecular weight excluding hydrogens is 604 g/mol.